The Kier molecular flexibility index (Phi) is 2.72. The molecule has 1 aromatic carbocycles. The van der Waals surface area contributed by atoms with E-state index in [4.69, 9.17) is 0 Å². The van der Waals surface area contributed by atoms with Crippen molar-refractivity contribution in [1.29, 1.82) is 0 Å². The Hall–Kier alpha value is -3.42. The van der Waals surface area contributed by atoms with Crippen molar-refractivity contribution in [2.24, 2.45) is 15.0 Å². The Labute approximate surface area is 123 Å². The number of nitrogens with one attached hydrogen (secondary N) is 2. The summed E-state index contributed by atoms with van der Waals surface area (Å²) in [6.45, 7) is 0. The van der Waals surface area contributed by atoms with E-state index >= 15 is 0 Å². The van der Waals surface area contributed by atoms with Gasteiger partial charge in [0.2, 0.25) is 0 Å². The van der Waals surface area contributed by atoms with Gasteiger partial charge in [-0.1, -0.05) is 12.1 Å². The van der Waals surface area contributed by atoms with Crippen molar-refractivity contribution in [3.63, 3.8) is 0 Å². The molecule has 0 atom stereocenters. The molecule has 0 spiro atoms. The van der Waals surface area contributed by atoms with Crippen molar-refractivity contribution < 1.29 is 0 Å². The van der Waals surface area contributed by atoms with Crippen molar-refractivity contribution in [2.45, 2.75) is 0 Å². The smallest absolute Gasteiger partial charge is 0.273 e. The number of pyridine rings is 1. The lowest BCUT2D eigenvalue weighted by Crippen LogP contribution is -2.20. The molecule has 3 aromatic rings. The van der Waals surface area contributed by atoms with E-state index in [-0.39, 0.29) is 11.9 Å². The number of H-pyrrole nitrogens is 2. The van der Waals surface area contributed by atoms with Gasteiger partial charge >= 0.3 is 5.69 Å². The van der Waals surface area contributed by atoms with Gasteiger partial charge in [-0.15, -0.1) is 5.10 Å². The maximum atomic E-state index is 11.0. The summed E-state index contributed by atoms with van der Waals surface area (Å²) in [6, 6.07) is 9.60. The second-order valence-corrected chi connectivity index (χ2v) is 4.58. The Morgan fingerprint density at radius 1 is 1.05 bits per heavy atom. The van der Waals surface area contributed by atoms with E-state index in [1.807, 2.05) is 30.3 Å². The van der Waals surface area contributed by atoms with Crippen LogP contribution in [0.2, 0.25) is 0 Å². The zero-order chi connectivity index (χ0) is 14.9. The summed E-state index contributed by atoms with van der Waals surface area (Å²) >= 11 is 0. The van der Waals surface area contributed by atoms with Crippen molar-refractivity contribution in [3.8, 4) is 11.1 Å². The van der Waals surface area contributed by atoms with Crippen LogP contribution in [-0.4, -0.2) is 26.1 Å². The Bertz CT molecular complexity index is 1050. The number of aromatic nitrogens is 4. The van der Waals surface area contributed by atoms with Gasteiger partial charge in [0.25, 0.3) is 11.9 Å². The molecule has 0 bridgehead atoms. The van der Waals surface area contributed by atoms with Crippen LogP contribution in [-0.2, 0) is 0 Å². The molecule has 0 amide bonds. The van der Waals surface area contributed by atoms with Crippen LogP contribution in [0, 0.1) is 0 Å². The standard InChI is InChI=1S/C14H9N7O/c22-14-19-13(20-21-14)18-12-16-10-4-3-8(6-11(10)17-12)9-2-1-5-15-7-9/h1-7H,(H2,19,20,21,22)/b18-12+. The van der Waals surface area contributed by atoms with Crippen LogP contribution in [0.25, 0.3) is 11.1 Å². The minimum absolute atomic E-state index is 0.146. The number of guanidine groups is 1. The van der Waals surface area contributed by atoms with E-state index in [0.717, 1.165) is 21.8 Å². The molecule has 22 heavy (non-hydrogen) atoms. The zero-order valence-corrected chi connectivity index (χ0v) is 11.2. The van der Waals surface area contributed by atoms with E-state index in [9.17, 15) is 4.79 Å². The summed E-state index contributed by atoms with van der Waals surface area (Å²) in [7, 11) is 0. The summed E-state index contributed by atoms with van der Waals surface area (Å²) in [5.74, 6) is 0.397. The maximum absolute atomic E-state index is 11.0. The highest BCUT2D eigenvalue weighted by Gasteiger charge is 2.07. The number of hydrogen-bond donors (Lipinski definition) is 2. The molecule has 106 valence electrons. The Balaban J connectivity index is 1.77. The summed E-state index contributed by atoms with van der Waals surface area (Å²) in [5.41, 5.74) is 1.58. The molecule has 2 N–H and O–H groups in total. The highest BCUT2D eigenvalue weighted by molar-refractivity contribution is 5.85. The number of fused-ring (bicyclic) bond motifs is 1. The van der Waals surface area contributed by atoms with Crippen LogP contribution in [0.5, 0.6) is 0 Å². The van der Waals surface area contributed by atoms with E-state index in [1.165, 1.54) is 0 Å². The van der Waals surface area contributed by atoms with Crippen LogP contribution in [0.4, 0.5) is 5.95 Å². The van der Waals surface area contributed by atoms with Crippen LogP contribution in [0.15, 0.2) is 62.5 Å². The molecule has 0 fully saturated rings. The molecule has 8 heteroatoms. The normalized spacial score (nSPS) is 14.5. The molecule has 1 aliphatic rings. The number of hydrogen-bond acceptors (Lipinski definition) is 4. The molecule has 0 radical (unpaired) electrons. The maximum Gasteiger partial charge on any atom is 0.342 e. The fourth-order valence-electron chi connectivity index (χ4n) is 2.12. The van der Waals surface area contributed by atoms with Crippen molar-refractivity contribution in [2.75, 3.05) is 0 Å². The molecular weight excluding hydrogens is 282 g/mol. The fourth-order valence-corrected chi connectivity index (χ4v) is 2.12. The topological polar surface area (TPSA) is 112 Å². The first-order chi connectivity index (χ1) is 10.8. The number of aliphatic imine (C=N–C) groups is 1. The van der Waals surface area contributed by atoms with Crippen LogP contribution < -0.4 is 16.4 Å². The van der Waals surface area contributed by atoms with Crippen molar-refractivity contribution in [1.82, 2.24) is 20.2 Å². The second kappa shape index (κ2) is 4.85. The first-order valence-electron chi connectivity index (χ1n) is 6.49. The lowest BCUT2D eigenvalue weighted by Gasteiger charge is -1.98. The van der Waals surface area contributed by atoms with E-state index in [0.29, 0.717) is 0 Å². The second-order valence-electron chi connectivity index (χ2n) is 4.58. The fraction of sp³-hybridized carbons (Fsp3) is 0. The van der Waals surface area contributed by atoms with Crippen LogP contribution in [0.1, 0.15) is 0 Å². The summed E-state index contributed by atoms with van der Waals surface area (Å²) in [4.78, 5) is 30.2. The first-order valence-corrected chi connectivity index (χ1v) is 6.49. The molecule has 8 nitrogen and oxygen atoms in total. The van der Waals surface area contributed by atoms with Crippen molar-refractivity contribution in [3.05, 3.63) is 63.9 Å². The lowest BCUT2D eigenvalue weighted by molar-refractivity contribution is 1.05. The minimum Gasteiger partial charge on any atom is -0.273 e. The molecule has 0 saturated heterocycles. The molecule has 0 aliphatic carbocycles. The summed E-state index contributed by atoms with van der Waals surface area (Å²) < 4.78 is 0. The summed E-state index contributed by atoms with van der Waals surface area (Å²) in [5, 5.41) is 7.38. The molecule has 0 unspecified atom stereocenters. The lowest BCUT2D eigenvalue weighted by atomic mass is 10.1. The number of aromatic amines is 2. The molecule has 3 heterocycles. The SMILES string of the molecule is O=c1[nH]nc(/N=C2\N=c3ccc(-c4cccnc4)cc3=N2)[nH]1. The molecule has 1 aliphatic heterocycles. The van der Waals surface area contributed by atoms with Gasteiger partial charge in [-0.05, 0) is 23.8 Å². The Morgan fingerprint density at radius 3 is 2.73 bits per heavy atom. The zero-order valence-electron chi connectivity index (χ0n) is 11.2. The van der Waals surface area contributed by atoms with Gasteiger partial charge in [0, 0.05) is 18.0 Å². The third-order valence-electron chi connectivity index (χ3n) is 3.11. The first kappa shape index (κ1) is 12.3. The van der Waals surface area contributed by atoms with Gasteiger partial charge in [0.05, 0.1) is 10.7 Å². The predicted molar refractivity (Wildman–Crippen MR) is 78.3 cm³/mol. The molecule has 0 saturated carbocycles. The van der Waals surface area contributed by atoms with Crippen LogP contribution in [0.3, 0.4) is 0 Å². The van der Waals surface area contributed by atoms with Gasteiger partial charge in [0.15, 0.2) is 0 Å². The Morgan fingerprint density at radius 2 is 1.95 bits per heavy atom. The molecular formula is C14H9N7O. The van der Waals surface area contributed by atoms with Gasteiger partial charge < -0.3 is 0 Å². The molecule has 2 aromatic heterocycles. The predicted octanol–water partition coefficient (Wildman–Crippen LogP) is 0.100. The van der Waals surface area contributed by atoms with Crippen molar-refractivity contribution >= 4 is 11.9 Å². The number of nitrogens with zero attached hydrogens (tertiary/aromatic N) is 5. The third kappa shape index (κ3) is 2.22. The van der Waals surface area contributed by atoms with Crippen LogP contribution >= 0.6 is 0 Å². The van der Waals surface area contributed by atoms with Gasteiger partial charge in [0.1, 0.15) is 0 Å². The van der Waals surface area contributed by atoms with E-state index in [1.54, 1.807) is 12.4 Å². The van der Waals surface area contributed by atoms with Gasteiger partial charge in [-0.2, -0.15) is 4.99 Å². The van der Waals surface area contributed by atoms with Gasteiger partial charge in [-0.3, -0.25) is 9.97 Å². The average molecular weight is 291 g/mol. The molecule has 4 rings (SSSR count). The number of rotatable bonds is 2. The average Bonchev–Trinajstić information content (AvgIpc) is 3.13. The highest BCUT2D eigenvalue weighted by atomic mass is 16.1. The monoisotopic (exact) mass is 291 g/mol. The number of benzene rings is 1. The third-order valence-corrected chi connectivity index (χ3v) is 3.11. The quantitative estimate of drug-likeness (QED) is 0.698. The largest absolute Gasteiger partial charge is 0.342 e. The summed E-state index contributed by atoms with van der Waals surface area (Å²) in [6.07, 6.45) is 3.52. The van der Waals surface area contributed by atoms with E-state index < -0.39 is 5.69 Å². The van der Waals surface area contributed by atoms with Gasteiger partial charge in [-0.25, -0.2) is 19.9 Å². The highest BCUT2D eigenvalue weighted by Crippen LogP contribution is 2.14. The minimum atomic E-state index is -0.422. The van der Waals surface area contributed by atoms with E-state index in [2.05, 4.69) is 35.1 Å².